The minimum Gasteiger partial charge on any atom is -0.481 e. The Morgan fingerprint density at radius 1 is 1.19 bits per heavy atom. The molecule has 1 saturated carbocycles. The zero-order valence-electron chi connectivity index (χ0n) is 12.0. The van der Waals surface area contributed by atoms with Crippen LogP contribution in [0, 0.1) is 5.41 Å². The molecule has 0 saturated heterocycles. The highest BCUT2D eigenvalue weighted by molar-refractivity contribution is 5.78. The van der Waals surface area contributed by atoms with Crippen molar-refractivity contribution in [3.63, 3.8) is 0 Å². The molecule has 1 fully saturated rings. The van der Waals surface area contributed by atoms with Gasteiger partial charge in [0.05, 0.1) is 17.7 Å². The lowest BCUT2D eigenvalue weighted by Gasteiger charge is -2.33. The van der Waals surface area contributed by atoms with Crippen molar-refractivity contribution in [2.75, 3.05) is 6.54 Å². The van der Waals surface area contributed by atoms with Crippen LogP contribution in [0.25, 0.3) is 0 Å². The van der Waals surface area contributed by atoms with E-state index < -0.39 is 11.4 Å². The van der Waals surface area contributed by atoms with E-state index in [1.807, 2.05) is 18.2 Å². The summed E-state index contributed by atoms with van der Waals surface area (Å²) in [6.07, 6.45) is 5.80. The van der Waals surface area contributed by atoms with Crippen LogP contribution in [0.3, 0.4) is 0 Å². The third-order valence-electron chi connectivity index (χ3n) is 4.01. The highest BCUT2D eigenvalue weighted by Crippen LogP contribution is 2.35. The lowest BCUT2D eigenvalue weighted by atomic mass is 9.74. The number of nitrogens with zero attached hydrogens (tertiary/aromatic N) is 1. The number of amides is 2. The van der Waals surface area contributed by atoms with Crippen molar-refractivity contribution >= 4 is 12.0 Å². The molecule has 1 heterocycles. The number of carboxylic acids is 1. The number of carbonyl (C=O) groups excluding carboxylic acids is 1. The van der Waals surface area contributed by atoms with Crippen LogP contribution in [-0.2, 0) is 11.3 Å². The Hall–Kier alpha value is -2.11. The van der Waals surface area contributed by atoms with E-state index in [9.17, 15) is 14.7 Å². The Kier molecular flexibility index (Phi) is 5.14. The number of hydrogen-bond donors (Lipinski definition) is 3. The fraction of sp³-hybridized carbons (Fsp3) is 0.533. The van der Waals surface area contributed by atoms with Gasteiger partial charge < -0.3 is 15.7 Å². The molecule has 114 valence electrons. The zero-order chi connectivity index (χ0) is 15.1. The zero-order valence-corrected chi connectivity index (χ0v) is 12.0. The largest absolute Gasteiger partial charge is 0.481 e. The van der Waals surface area contributed by atoms with Crippen molar-refractivity contribution in [2.45, 2.75) is 38.6 Å². The summed E-state index contributed by atoms with van der Waals surface area (Å²) in [5.41, 5.74) is -0.0427. The molecule has 0 atom stereocenters. The molecule has 6 nitrogen and oxygen atoms in total. The molecule has 2 rings (SSSR count). The molecule has 21 heavy (non-hydrogen) atoms. The van der Waals surface area contributed by atoms with Crippen LogP contribution in [0.15, 0.2) is 24.4 Å². The number of aromatic nitrogens is 1. The van der Waals surface area contributed by atoms with Crippen LogP contribution in [0.1, 0.15) is 37.8 Å². The first-order valence-corrected chi connectivity index (χ1v) is 7.27. The number of hydrogen-bond acceptors (Lipinski definition) is 3. The van der Waals surface area contributed by atoms with E-state index in [4.69, 9.17) is 0 Å². The monoisotopic (exact) mass is 291 g/mol. The summed E-state index contributed by atoms with van der Waals surface area (Å²) < 4.78 is 0. The van der Waals surface area contributed by atoms with E-state index >= 15 is 0 Å². The molecule has 1 aromatic rings. The third-order valence-corrected chi connectivity index (χ3v) is 4.01. The maximum Gasteiger partial charge on any atom is 0.315 e. The van der Waals surface area contributed by atoms with Gasteiger partial charge in [0.25, 0.3) is 0 Å². The van der Waals surface area contributed by atoms with Gasteiger partial charge in [-0.2, -0.15) is 0 Å². The normalized spacial score (nSPS) is 17.0. The van der Waals surface area contributed by atoms with Gasteiger partial charge in [-0.05, 0) is 25.0 Å². The number of urea groups is 1. The number of carbonyl (C=O) groups is 2. The van der Waals surface area contributed by atoms with Crippen molar-refractivity contribution in [3.8, 4) is 0 Å². The summed E-state index contributed by atoms with van der Waals surface area (Å²) in [6.45, 7) is 0.503. The first-order chi connectivity index (χ1) is 10.1. The number of aliphatic carboxylic acids is 1. The number of carboxylic acid groups (broad SMARTS) is 1. The Balaban J connectivity index is 1.80. The first kappa shape index (κ1) is 15.3. The molecule has 0 aliphatic heterocycles. The second-order valence-corrected chi connectivity index (χ2v) is 5.50. The molecular weight excluding hydrogens is 270 g/mol. The van der Waals surface area contributed by atoms with Crippen LogP contribution < -0.4 is 10.6 Å². The highest BCUT2D eigenvalue weighted by Gasteiger charge is 2.39. The lowest BCUT2D eigenvalue weighted by Crippen LogP contribution is -2.47. The molecule has 0 aromatic carbocycles. The molecule has 1 aliphatic rings. The summed E-state index contributed by atoms with van der Waals surface area (Å²) in [6, 6.07) is 5.12. The van der Waals surface area contributed by atoms with E-state index in [-0.39, 0.29) is 12.6 Å². The van der Waals surface area contributed by atoms with Crippen molar-refractivity contribution in [1.82, 2.24) is 15.6 Å². The quantitative estimate of drug-likeness (QED) is 0.773. The standard InChI is InChI=1S/C15H21N3O3/c19-13(20)15(7-3-1-4-8-15)11-18-14(21)17-10-12-6-2-5-9-16-12/h2,5-6,9H,1,3-4,7-8,10-11H2,(H,19,20)(H2,17,18,21). The topological polar surface area (TPSA) is 91.3 Å². The summed E-state index contributed by atoms with van der Waals surface area (Å²) >= 11 is 0. The summed E-state index contributed by atoms with van der Waals surface area (Å²) in [7, 11) is 0. The Labute approximate surface area is 124 Å². The predicted octanol–water partition coefficient (Wildman–Crippen LogP) is 1.92. The Morgan fingerprint density at radius 2 is 1.95 bits per heavy atom. The summed E-state index contributed by atoms with van der Waals surface area (Å²) in [5.74, 6) is -0.813. The van der Waals surface area contributed by atoms with Gasteiger partial charge in [0.15, 0.2) is 0 Å². The van der Waals surface area contributed by atoms with Crippen LogP contribution in [0.2, 0.25) is 0 Å². The van der Waals surface area contributed by atoms with Gasteiger partial charge in [-0.1, -0.05) is 25.3 Å². The Morgan fingerprint density at radius 3 is 2.57 bits per heavy atom. The molecular formula is C15H21N3O3. The molecule has 0 radical (unpaired) electrons. The van der Waals surface area contributed by atoms with Gasteiger partial charge in [0.1, 0.15) is 0 Å². The van der Waals surface area contributed by atoms with Crippen molar-refractivity contribution in [1.29, 1.82) is 0 Å². The molecule has 0 bridgehead atoms. The van der Waals surface area contributed by atoms with Gasteiger partial charge in [-0.3, -0.25) is 9.78 Å². The van der Waals surface area contributed by atoms with Crippen LogP contribution in [0.4, 0.5) is 4.79 Å². The number of rotatable bonds is 5. The molecule has 1 aliphatic carbocycles. The summed E-state index contributed by atoms with van der Waals surface area (Å²) in [5, 5.41) is 14.8. The molecule has 0 spiro atoms. The van der Waals surface area contributed by atoms with Gasteiger partial charge in [-0.25, -0.2) is 4.79 Å². The van der Waals surface area contributed by atoms with Gasteiger partial charge >= 0.3 is 12.0 Å². The van der Waals surface area contributed by atoms with Crippen LogP contribution in [0.5, 0.6) is 0 Å². The SMILES string of the molecule is O=C(NCc1ccccn1)NCC1(C(=O)O)CCCCC1. The first-order valence-electron chi connectivity index (χ1n) is 7.27. The molecule has 1 aromatic heterocycles. The maximum atomic E-state index is 11.8. The van der Waals surface area contributed by atoms with Crippen molar-refractivity contribution in [3.05, 3.63) is 30.1 Å². The van der Waals surface area contributed by atoms with E-state index in [0.29, 0.717) is 19.4 Å². The lowest BCUT2D eigenvalue weighted by molar-refractivity contribution is -0.150. The average molecular weight is 291 g/mol. The number of nitrogens with one attached hydrogen (secondary N) is 2. The van der Waals surface area contributed by atoms with E-state index in [0.717, 1.165) is 25.0 Å². The summed E-state index contributed by atoms with van der Waals surface area (Å²) in [4.78, 5) is 27.4. The van der Waals surface area contributed by atoms with Crippen LogP contribution in [-0.4, -0.2) is 28.6 Å². The number of pyridine rings is 1. The predicted molar refractivity (Wildman–Crippen MR) is 77.6 cm³/mol. The minimum absolute atomic E-state index is 0.177. The molecule has 0 unspecified atom stereocenters. The van der Waals surface area contributed by atoms with Gasteiger partial charge in [0, 0.05) is 12.7 Å². The van der Waals surface area contributed by atoms with Gasteiger partial charge in [0.2, 0.25) is 0 Å². The second kappa shape index (κ2) is 7.06. The van der Waals surface area contributed by atoms with Crippen molar-refractivity contribution < 1.29 is 14.7 Å². The average Bonchev–Trinajstić information content (AvgIpc) is 2.52. The second-order valence-electron chi connectivity index (χ2n) is 5.50. The fourth-order valence-electron chi connectivity index (χ4n) is 2.68. The maximum absolute atomic E-state index is 11.8. The van der Waals surface area contributed by atoms with Gasteiger partial charge in [-0.15, -0.1) is 0 Å². The molecule has 2 amide bonds. The smallest absolute Gasteiger partial charge is 0.315 e. The molecule has 6 heteroatoms. The van der Waals surface area contributed by atoms with E-state index in [1.165, 1.54) is 0 Å². The van der Waals surface area contributed by atoms with Crippen LogP contribution >= 0.6 is 0 Å². The van der Waals surface area contributed by atoms with Crippen molar-refractivity contribution in [2.24, 2.45) is 5.41 Å². The fourth-order valence-corrected chi connectivity index (χ4v) is 2.68. The molecule has 3 N–H and O–H groups in total. The van der Waals surface area contributed by atoms with E-state index in [1.54, 1.807) is 6.20 Å². The highest BCUT2D eigenvalue weighted by atomic mass is 16.4. The van der Waals surface area contributed by atoms with E-state index in [2.05, 4.69) is 15.6 Å². The Bertz CT molecular complexity index is 484. The third kappa shape index (κ3) is 4.18. The minimum atomic E-state index is -0.813.